The number of aromatic nitrogens is 4. The van der Waals surface area contributed by atoms with Crippen LogP contribution < -0.4 is 0 Å². The van der Waals surface area contributed by atoms with Gasteiger partial charge in [0.15, 0.2) is 0 Å². The van der Waals surface area contributed by atoms with E-state index in [1.54, 1.807) is 37.0 Å². The Kier molecular flexibility index (Phi) is 3.13. The fourth-order valence-electron chi connectivity index (χ4n) is 1.49. The largest absolute Gasteiger partial charge is 0.462 e. The molecule has 0 atom stereocenters. The summed E-state index contributed by atoms with van der Waals surface area (Å²) in [6.07, 6.45) is 4.64. The summed E-state index contributed by atoms with van der Waals surface area (Å²) in [5.41, 5.74) is 1.94. The van der Waals surface area contributed by atoms with Crippen LogP contribution in [-0.4, -0.2) is 32.6 Å². The summed E-state index contributed by atoms with van der Waals surface area (Å²) in [6, 6.07) is 1.77. The van der Waals surface area contributed by atoms with Crippen molar-refractivity contribution in [2.45, 2.75) is 13.8 Å². The lowest BCUT2D eigenvalue weighted by Gasteiger charge is -2.04. The van der Waals surface area contributed by atoms with Crippen molar-refractivity contribution in [1.29, 1.82) is 0 Å². The number of carbonyl (C=O) groups is 1. The van der Waals surface area contributed by atoms with Gasteiger partial charge in [-0.1, -0.05) is 0 Å². The van der Waals surface area contributed by atoms with Crippen molar-refractivity contribution in [3.05, 3.63) is 35.9 Å². The van der Waals surface area contributed by atoms with E-state index in [4.69, 9.17) is 4.74 Å². The summed E-state index contributed by atoms with van der Waals surface area (Å²) in [6.45, 7) is 3.92. The molecular weight excluding hydrogens is 220 g/mol. The highest BCUT2D eigenvalue weighted by Gasteiger charge is 2.15. The standard InChI is InChI=1S/C11H12N4O2/c1-3-17-11(16)10-7-14-15(8(10)2)9-4-5-12-13-6-9/h4-7H,3H2,1-2H3. The van der Waals surface area contributed by atoms with Gasteiger partial charge in [-0.3, -0.25) is 0 Å². The molecule has 6 nitrogen and oxygen atoms in total. The first-order valence-corrected chi connectivity index (χ1v) is 5.23. The second-order valence-corrected chi connectivity index (χ2v) is 3.38. The maximum Gasteiger partial charge on any atom is 0.341 e. The molecule has 2 heterocycles. The second-order valence-electron chi connectivity index (χ2n) is 3.38. The van der Waals surface area contributed by atoms with Crippen molar-refractivity contribution < 1.29 is 9.53 Å². The lowest BCUT2D eigenvalue weighted by Crippen LogP contribution is -2.07. The lowest BCUT2D eigenvalue weighted by atomic mass is 10.2. The van der Waals surface area contributed by atoms with Crippen LogP contribution in [0.5, 0.6) is 0 Å². The second kappa shape index (κ2) is 4.73. The summed E-state index contributed by atoms with van der Waals surface area (Å²) in [5, 5.41) is 11.6. The van der Waals surface area contributed by atoms with Gasteiger partial charge in [0.05, 0.1) is 36.6 Å². The fourth-order valence-corrected chi connectivity index (χ4v) is 1.49. The Morgan fingerprint density at radius 1 is 1.41 bits per heavy atom. The Bertz CT molecular complexity index is 522. The minimum atomic E-state index is -0.363. The van der Waals surface area contributed by atoms with Gasteiger partial charge in [0.1, 0.15) is 5.56 Å². The van der Waals surface area contributed by atoms with E-state index in [-0.39, 0.29) is 5.97 Å². The fraction of sp³-hybridized carbons (Fsp3) is 0.273. The van der Waals surface area contributed by atoms with Gasteiger partial charge in [0.2, 0.25) is 0 Å². The molecule has 0 aromatic carbocycles. The van der Waals surface area contributed by atoms with Crippen LogP contribution in [0.3, 0.4) is 0 Å². The minimum Gasteiger partial charge on any atom is -0.462 e. The van der Waals surface area contributed by atoms with Gasteiger partial charge >= 0.3 is 5.97 Å². The molecule has 0 aliphatic rings. The van der Waals surface area contributed by atoms with E-state index >= 15 is 0 Å². The predicted octanol–water partition coefficient (Wildman–Crippen LogP) is 1.15. The number of nitrogens with zero attached hydrogens (tertiary/aromatic N) is 4. The molecule has 6 heteroatoms. The maximum atomic E-state index is 11.6. The molecule has 2 rings (SSSR count). The Morgan fingerprint density at radius 2 is 2.24 bits per heavy atom. The average Bonchev–Trinajstić information content (AvgIpc) is 2.72. The molecule has 88 valence electrons. The number of rotatable bonds is 3. The summed E-state index contributed by atoms with van der Waals surface area (Å²) in [5.74, 6) is -0.363. The third-order valence-corrected chi connectivity index (χ3v) is 2.32. The zero-order valence-corrected chi connectivity index (χ0v) is 9.62. The van der Waals surface area contributed by atoms with Crippen LogP contribution in [0, 0.1) is 6.92 Å². The van der Waals surface area contributed by atoms with Crippen molar-refractivity contribution in [3.8, 4) is 5.69 Å². The number of carbonyl (C=O) groups excluding carboxylic acids is 1. The number of hydrogen-bond acceptors (Lipinski definition) is 5. The molecule has 0 aliphatic carbocycles. The SMILES string of the molecule is CCOC(=O)c1cnn(-c2ccnnc2)c1C. The molecule has 2 aromatic rings. The molecular formula is C11H12N4O2. The Labute approximate surface area is 98.2 Å². The molecule has 2 aromatic heterocycles. The van der Waals surface area contributed by atoms with Gasteiger partial charge in [-0.25, -0.2) is 9.48 Å². The monoisotopic (exact) mass is 232 g/mol. The van der Waals surface area contributed by atoms with E-state index in [0.717, 1.165) is 11.4 Å². The Morgan fingerprint density at radius 3 is 2.88 bits per heavy atom. The molecule has 0 amide bonds. The Balaban J connectivity index is 2.37. The van der Waals surface area contributed by atoms with Crippen LogP contribution >= 0.6 is 0 Å². The van der Waals surface area contributed by atoms with Crippen molar-refractivity contribution in [2.24, 2.45) is 0 Å². The first kappa shape index (κ1) is 11.3. The minimum absolute atomic E-state index is 0.347. The van der Waals surface area contributed by atoms with Crippen LogP contribution in [-0.2, 0) is 4.74 Å². The third kappa shape index (κ3) is 2.15. The summed E-state index contributed by atoms with van der Waals surface area (Å²) in [4.78, 5) is 11.6. The first-order chi connectivity index (χ1) is 8.24. The van der Waals surface area contributed by atoms with Crippen LogP contribution in [0.4, 0.5) is 0 Å². The topological polar surface area (TPSA) is 69.9 Å². The molecule has 17 heavy (non-hydrogen) atoms. The molecule has 0 saturated heterocycles. The van der Waals surface area contributed by atoms with E-state index < -0.39 is 0 Å². The lowest BCUT2D eigenvalue weighted by molar-refractivity contribution is 0.0525. The van der Waals surface area contributed by atoms with Crippen molar-refractivity contribution in [1.82, 2.24) is 20.0 Å². The van der Waals surface area contributed by atoms with E-state index in [1.165, 1.54) is 6.20 Å². The average molecular weight is 232 g/mol. The molecule has 0 bridgehead atoms. The first-order valence-electron chi connectivity index (χ1n) is 5.23. The number of ether oxygens (including phenoxy) is 1. The normalized spacial score (nSPS) is 10.2. The molecule has 0 aliphatic heterocycles. The van der Waals surface area contributed by atoms with Gasteiger partial charge < -0.3 is 4.74 Å². The van der Waals surface area contributed by atoms with Crippen molar-refractivity contribution in [3.63, 3.8) is 0 Å². The third-order valence-electron chi connectivity index (χ3n) is 2.32. The van der Waals surface area contributed by atoms with Crippen molar-refractivity contribution in [2.75, 3.05) is 6.61 Å². The van der Waals surface area contributed by atoms with Gasteiger partial charge in [-0.15, -0.1) is 0 Å². The molecule has 0 unspecified atom stereocenters. The zero-order chi connectivity index (χ0) is 12.3. The van der Waals surface area contributed by atoms with Crippen LogP contribution in [0.1, 0.15) is 23.0 Å². The van der Waals surface area contributed by atoms with Gasteiger partial charge in [-0.05, 0) is 19.9 Å². The van der Waals surface area contributed by atoms with Crippen LogP contribution in [0.25, 0.3) is 5.69 Å². The highest BCUT2D eigenvalue weighted by Crippen LogP contribution is 2.13. The molecule has 0 saturated carbocycles. The smallest absolute Gasteiger partial charge is 0.341 e. The molecule has 0 radical (unpaired) electrons. The zero-order valence-electron chi connectivity index (χ0n) is 9.62. The van der Waals surface area contributed by atoms with Crippen LogP contribution in [0.2, 0.25) is 0 Å². The summed E-state index contributed by atoms with van der Waals surface area (Å²) in [7, 11) is 0. The molecule has 0 N–H and O–H groups in total. The highest BCUT2D eigenvalue weighted by atomic mass is 16.5. The number of hydrogen-bond donors (Lipinski definition) is 0. The van der Waals surface area contributed by atoms with Gasteiger partial charge in [-0.2, -0.15) is 15.3 Å². The molecule has 0 spiro atoms. The summed E-state index contributed by atoms with van der Waals surface area (Å²) < 4.78 is 6.56. The van der Waals surface area contributed by atoms with E-state index in [2.05, 4.69) is 15.3 Å². The van der Waals surface area contributed by atoms with E-state index in [9.17, 15) is 4.79 Å². The number of esters is 1. The summed E-state index contributed by atoms with van der Waals surface area (Å²) >= 11 is 0. The van der Waals surface area contributed by atoms with Crippen molar-refractivity contribution >= 4 is 5.97 Å². The highest BCUT2D eigenvalue weighted by molar-refractivity contribution is 5.90. The van der Waals surface area contributed by atoms with Gasteiger partial charge in [0.25, 0.3) is 0 Å². The quantitative estimate of drug-likeness (QED) is 0.742. The maximum absolute atomic E-state index is 11.6. The van der Waals surface area contributed by atoms with E-state index in [1.807, 2.05) is 0 Å². The predicted molar refractivity (Wildman–Crippen MR) is 59.8 cm³/mol. The Hall–Kier alpha value is -2.24. The van der Waals surface area contributed by atoms with Gasteiger partial charge in [0, 0.05) is 0 Å². The van der Waals surface area contributed by atoms with Crippen LogP contribution in [0.15, 0.2) is 24.7 Å². The van der Waals surface area contributed by atoms with E-state index in [0.29, 0.717) is 12.2 Å². The molecule has 0 fully saturated rings.